The monoisotopic (exact) mass is 285 g/mol. The summed E-state index contributed by atoms with van der Waals surface area (Å²) >= 11 is 0. The van der Waals surface area contributed by atoms with Crippen LogP contribution in [0.15, 0.2) is 48.8 Å². The molecule has 1 heterocycles. The van der Waals surface area contributed by atoms with Crippen LogP contribution in [0, 0.1) is 6.92 Å². The van der Waals surface area contributed by atoms with E-state index < -0.39 is 0 Å². The third-order valence-electron chi connectivity index (χ3n) is 3.66. The van der Waals surface area contributed by atoms with Gasteiger partial charge < -0.3 is 10.0 Å². The highest BCUT2D eigenvalue weighted by molar-refractivity contribution is 5.78. The van der Waals surface area contributed by atoms with Crippen LogP contribution < -0.4 is 4.57 Å². The van der Waals surface area contributed by atoms with Crippen molar-refractivity contribution < 1.29 is 14.5 Å². The molecule has 0 radical (unpaired) electrons. The standard InChI is InChI=1S/C17H20N2O2/c1-13-7-4-5-8-15(13)11-18(3)17(21)14(2)19-10-6-9-16(20)12-19/h4-10,12,14H,11H2,1-3H3/p+1/t14-/m0/s1. The van der Waals surface area contributed by atoms with Crippen LogP contribution in [0.5, 0.6) is 5.75 Å². The maximum Gasteiger partial charge on any atom is 0.291 e. The molecule has 1 N–H and O–H groups in total. The van der Waals surface area contributed by atoms with E-state index in [1.807, 2.05) is 38.1 Å². The van der Waals surface area contributed by atoms with Gasteiger partial charge in [-0.25, -0.2) is 0 Å². The number of aromatic hydroxyl groups is 1. The Bertz CT molecular complexity index is 640. The Morgan fingerprint density at radius 2 is 2.00 bits per heavy atom. The number of benzene rings is 1. The van der Waals surface area contributed by atoms with Crippen molar-refractivity contribution in [2.45, 2.75) is 26.4 Å². The van der Waals surface area contributed by atoms with Gasteiger partial charge in [-0.3, -0.25) is 4.79 Å². The first-order valence-corrected chi connectivity index (χ1v) is 6.98. The second-order valence-electron chi connectivity index (χ2n) is 5.31. The van der Waals surface area contributed by atoms with Crippen LogP contribution in [0.3, 0.4) is 0 Å². The molecular weight excluding hydrogens is 264 g/mol. The molecule has 0 fully saturated rings. The predicted molar refractivity (Wildman–Crippen MR) is 80.7 cm³/mol. The SMILES string of the molecule is Cc1ccccc1CN(C)C(=O)[C@H](C)[n+]1cccc(O)c1. The lowest BCUT2D eigenvalue weighted by Crippen LogP contribution is -2.46. The molecule has 0 aliphatic carbocycles. The highest BCUT2D eigenvalue weighted by Gasteiger charge is 2.25. The summed E-state index contributed by atoms with van der Waals surface area (Å²) in [7, 11) is 1.80. The minimum Gasteiger partial charge on any atom is -0.503 e. The zero-order valence-electron chi connectivity index (χ0n) is 12.7. The summed E-state index contributed by atoms with van der Waals surface area (Å²) in [5.74, 6) is 0.160. The number of carbonyl (C=O) groups is 1. The molecular formula is C17H21N2O2+. The number of nitrogens with zero attached hydrogens (tertiary/aromatic N) is 2. The van der Waals surface area contributed by atoms with E-state index in [1.165, 1.54) is 5.56 Å². The molecule has 2 rings (SSSR count). The van der Waals surface area contributed by atoms with Crippen molar-refractivity contribution in [2.75, 3.05) is 7.05 Å². The second kappa shape index (κ2) is 6.39. The Hall–Kier alpha value is -2.36. The Balaban J connectivity index is 2.10. The van der Waals surface area contributed by atoms with Gasteiger partial charge in [0, 0.05) is 26.6 Å². The van der Waals surface area contributed by atoms with E-state index in [1.54, 1.807) is 41.0 Å². The molecule has 0 aliphatic rings. The van der Waals surface area contributed by atoms with Gasteiger partial charge in [0.15, 0.2) is 11.9 Å². The molecule has 4 heteroatoms. The smallest absolute Gasteiger partial charge is 0.291 e. The van der Waals surface area contributed by atoms with E-state index in [2.05, 4.69) is 0 Å². The van der Waals surface area contributed by atoms with Crippen LogP contribution in [0.2, 0.25) is 0 Å². The van der Waals surface area contributed by atoms with E-state index in [9.17, 15) is 9.90 Å². The molecule has 0 unspecified atom stereocenters. The van der Waals surface area contributed by atoms with Crippen LogP contribution in [-0.2, 0) is 11.3 Å². The van der Waals surface area contributed by atoms with E-state index >= 15 is 0 Å². The van der Waals surface area contributed by atoms with Crippen molar-refractivity contribution in [3.05, 3.63) is 59.9 Å². The average Bonchev–Trinajstić information content (AvgIpc) is 2.48. The van der Waals surface area contributed by atoms with Gasteiger partial charge in [-0.1, -0.05) is 24.3 Å². The molecule has 21 heavy (non-hydrogen) atoms. The normalized spacial score (nSPS) is 12.0. The molecule has 1 aromatic heterocycles. The summed E-state index contributed by atoms with van der Waals surface area (Å²) < 4.78 is 1.71. The Morgan fingerprint density at radius 1 is 1.29 bits per heavy atom. The topological polar surface area (TPSA) is 44.4 Å². The van der Waals surface area contributed by atoms with Gasteiger partial charge >= 0.3 is 0 Å². The van der Waals surface area contributed by atoms with Crippen LogP contribution in [0.4, 0.5) is 0 Å². The summed E-state index contributed by atoms with van der Waals surface area (Å²) in [4.78, 5) is 14.2. The number of aromatic nitrogens is 1. The summed E-state index contributed by atoms with van der Waals surface area (Å²) in [5, 5.41) is 9.51. The summed E-state index contributed by atoms with van der Waals surface area (Å²) in [6.45, 7) is 4.45. The van der Waals surface area contributed by atoms with Crippen molar-refractivity contribution >= 4 is 5.91 Å². The minimum absolute atomic E-state index is 0.00820. The molecule has 2 aromatic rings. The van der Waals surface area contributed by atoms with Crippen molar-refractivity contribution in [1.82, 2.24) is 4.90 Å². The maximum absolute atomic E-state index is 12.5. The lowest BCUT2D eigenvalue weighted by Gasteiger charge is -2.20. The first-order valence-electron chi connectivity index (χ1n) is 6.98. The molecule has 0 saturated carbocycles. The molecule has 0 spiro atoms. The fourth-order valence-electron chi connectivity index (χ4n) is 2.29. The third-order valence-corrected chi connectivity index (χ3v) is 3.66. The van der Waals surface area contributed by atoms with E-state index in [-0.39, 0.29) is 17.7 Å². The zero-order chi connectivity index (χ0) is 15.4. The number of aryl methyl sites for hydroxylation is 1. The predicted octanol–water partition coefficient (Wildman–Crippen LogP) is 2.21. The van der Waals surface area contributed by atoms with Crippen LogP contribution in [0.25, 0.3) is 0 Å². The van der Waals surface area contributed by atoms with Gasteiger partial charge in [0.1, 0.15) is 0 Å². The van der Waals surface area contributed by atoms with Gasteiger partial charge in [0.25, 0.3) is 5.91 Å². The molecule has 110 valence electrons. The number of likely N-dealkylation sites (N-methyl/N-ethyl adjacent to an activating group) is 1. The van der Waals surface area contributed by atoms with E-state index in [4.69, 9.17) is 0 Å². The number of carbonyl (C=O) groups excluding carboxylic acids is 1. The quantitative estimate of drug-likeness (QED) is 0.875. The van der Waals surface area contributed by atoms with Crippen LogP contribution in [0.1, 0.15) is 24.1 Å². The van der Waals surface area contributed by atoms with Crippen molar-refractivity contribution in [2.24, 2.45) is 0 Å². The average molecular weight is 285 g/mol. The highest BCUT2D eigenvalue weighted by Crippen LogP contribution is 2.12. The molecule has 0 aliphatic heterocycles. The van der Waals surface area contributed by atoms with Gasteiger partial charge in [-0.2, -0.15) is 4.57 Å². The highest BCUT2D eigenvalue weighted by atomic mass is 16.3. The number of hydrogen-bond donors (Lipinski definition) is 1. The molecule has 0 bridgehead atoms. The Labute approximate surface area is 125 Å². The number of rotatable bonds is 4. The Kier molecular flexibility index (Phi) is 4.58. The van der Waals surface area contributed by atoms with E-state index in [0.29, 0.717) is 6.54 Å². The minimum atomic E-state index is -0.355. The van der Waals surface area contributed by atoms with Crippen molar-refractivity contribution in [1.29, 1.82) is 0 Å². The van der Waals surface area contributed by atoms with E-state index in [0.717, 1.165) is 5.56 Å². The second-order valence-corrected chi connectivity index (χ2v) is 5.31. The first-order chi connectivity index (χ1) is 9.99. The number of amides is 1. The fraction of sp³-hybridized carbons (Fsp3) is 0.294. The molecule has 1 aromatic carbocycles. The maximum atomic E-state index is 12.5. The van der Waals surface area contributed by atoms with Gasteiger partial charge in [-0.15, -0.1) is 0 Å². The first kappa shape index (κ1) is 15.0. The van der Waals surface area contributed by atoms with Crippen molar-refractivity contribution in [3.63, 3.8) is 0 Å². The largest absolute Gasteiger partial charge is 0.503 e. The van der Waals surface area contributed by atoms with Crippen molar-refractivity contribution in [3.8, 4) is 5.75 Å². The summed E-state index contributed by atoms with van der Waals surface area (Å²) in [5.41, 5.74) is 2.32. The Morgan fingerprint density at radius 3 is 2.67 bits per heavy atom. The van der Waals surface area contributed by atoms with Gasteiger partial charge in [-0.05, 0) is 24.1 Å². The summed E-state index contributed by atoms with van der Waals surface area (Å²) in [6.07, 6.45) is 3.34. The number of hydrogen-bond acceptors (Lipinski definition) is 2. The molecule has 1 amide bonds. The molecule has 0 saturated heterocycles. The fourth-order valence-corrected chi connectivity index (χ4v) is 2.29. The van der Waals surface area contributed by atoms with Gasteiger partial charge in [0.2, 0.25) is 12.2 Å². The zero-order valence-corrected chi connectivity index (χ0v) is 12.7. The third kappa shape index (κ3) is 3.60. The molecule has 4 nitrogen and oxygen atoms in total. The summed E-state index contributed by atoms with van der Waals surface area (Å²) in [6, 6.07) is 11.0. The lowest BCUT2D eigenvalue weighted by atomic mass is 10.1. The van der Waals surface area contributed by atoms with Crippen LogP contribution in [-0.4, -0.2) is 23.0 Å². The van der Waals surface area contributed by atoms with Gasteiger partial charge in [0.05, 0.1) is 0 Å². The number of pyridine rings is 1. The van der Waals surface area contributed by atoms with Crippen LogP contribution >= 0.6 is 0 Å². The molecule has 1 atom stereocenters. The lowest BCUT2D eigenvalue weighted by molar-refractivity contribution is -0.707.